The van der Waals surface area contributed by atoms with Crippen LogP contribution >= 0.6 is 23.1 Å². The number of Topliss-reactive ketones (excluding diaryl/α,β-unsaturated/α-hetero) is 1. The standard InChI is InChI=1S/C23H17N3O2S2/c1-15-13-29-22(25-15)18(12-24)19(27)14-30-23-26-20(16-8-4-2-5-9-16)21(28-23)17-10-6-3-7-11-17/h2-11,13,18H,14H2,1H3. The third kappa shape index (κ3) is 4.35. The van der Waals surface area contributed by atoms with Crippen molar-refractivity contribution in [1.29, 1.82) is 5.26 Å². The van der Waals surface area contributed by atoms with E-state index in [1.807, 2.05) is 73.0 Å². The zero-order valence-corrected chi connectivity index (χ0v) is 17.7. The summed E-state index contributed by atoms with van der Waals surface area (Å²) >= 11 is 2.53. The smallest absolute Gasteiger partial charge is 0.257 e. The molecule has 0 N–H and O–H groups in total. The van der Waals surface area contributed by atoms with E-state index in [0.29, 0.717) is 16.0 Å². The lowest BCUT2D eigenvalue weighted by atomic mass is 10.1. The van der Waals surface area contributed by atoms with Crippen molar-refractivity contribution in [2.45, 2.75) is 18.1 Å². The lowest BCUT2D eigenvalue weighted by Gasteiger charge is -2.03. The summed E-state index contributed by atoms with van der Waals surface area (Å²) in [5, 5.41) is 12.2. The summed E-state index contributed by atoms with van der Waals surface area (Å²) in [5.41, 5.74) is 3.38. The molecule has 5 nitrogen and oxygen atoms in total. The summed E-state index contributed by atoms with van der Waals surface area (Å²) in [6.07, 6.45) is 0. The van der Waals surface area contributed by atoms with Gasteiger partial charge in [-0.15, -0.1) is 11.3 Å². The number of ketones is 1. The van der Waals surface area contributed by atoms with Crippen molar-refractivity contribution in [3.63, 3.8) is 0 Å². The van der Waals surface area contributed by atoms with Crippen LogP contribution in [0.25, 0.3) is 22.6 Å². The van der Waals surface area contributed by atoms with E-state index in [0.717, 1.165) is 22.5 Å². The van der Waals surface area contributed by atoms with Crippen LogP contribution in [-0.2, 0) is 4.79 Å². The van der Waals surface area contributed by atoms with Crippen molar-refractivity contribution >= 4 is 28.9 Å². The van der Waals surface area contributed by atoms with Gasteiger partial charge in [-0.25, -0.2) is 9.97 Å². The highest BCUT2D eigenvalue weighted by Gasteiger charge is 2.25. The zero-order valence-electron chi connectivity index (χ0n) is 16.1. The number of rotatable bonds is 7. The van der Waals surface area contributed by atoms with Crippen LogP contribution in [0.5, 0.6) is 0 Å². The summed E-state index contributed by atoms with van der Waals surface area (Å²) in [6, 6.07) is 21.6. The summed E-state index contributed by atoms with van der Waals surface area (Å²) in [5.74, 6) is -0.338. The van der Waals surface area contributed by atoms with Crippen LogP contribution in [0, 0.1) is 18.3 Å². The highest BCUT2D eigenvalue weighted by molar-refractivity contribution is 7.99. The molecular weight excluding hydrogens is 414 g/mol. The number of carbonyl (C=O) groups excluding carboxylic acids is 1. The van der Waals surface area contributed by atoms with Gasteiger partial charge in [0.1, 0.15) is 10.7 Å². The molecular formula is C23H17N3O2S2. The van der Waals surface area contributed by atoms with Crippen molar-refractivity contribution in [2.75, 3.05) is 5.75 Å². The average Bonchev–Trinajstić information content (AvgIpc) is 3.41. The lowest BCUT2D eigenvalue weighted by molar-refractivity contribution is -0.116. The Bertz CT molecular complexity index is 1140. The molecule has 0 saturated carbocycles. The molecule has 148 valence electrons. The first-order chi connectivity index (χ1) is 14.7. The quantitative estimate of drug-likeness (QED) is 0.347. The van der Waals surface area contributed by atoms with Gasteiger partial charge in [-0.2, -0.15) is 5.26 Å². The normalized spacial score (nSPS) is 11.7. The number of thiazole rings is 1. The van der Waals surface area contributed by atoms with Crippen LogP contribution in [0.4, 0.5) is 0 Å². The molecule has 0 amide bonds. The number of aromatic nitrogens is 2. The molecule has 0 bridgehead atoms. The molecule has 4 rings (SSSR count). The molecule has 0 radical (unpaired) electrons. The van der Waals surface area contributed by atoms with Gasteiger partial charge in [-0.3, -0.25) is 4.79 Å². The Morgan fingerprint density at radius 1 is 1.10 bits per heavy atom. The second kappa shape index (κ2) is 9.08. The Morgan fingerprint density at radius 2 is 1.77 bits per heavy atom. The topological polar surface area (TPSA) is 79.8 Å². The third-order valence-electron chi connectivity index (χ3n) is 4.36. The number of aryl methyl sites for hydroxylation is 1. The van der Waals surface area contributed by atoms with Gasteiger partial charge in [0.15, 0.2) is 17.5 Å². The van der Waals surface area contributed by atoms with Crippen molar-refractivity contribution < 1.29 is 9.21 Å². The lowest BCUT2D eigenvalue weighted by Crippen LogP contribution is -2.13. The zero-order chi connectivity index (χ0) is 20.9. The van der Waals surface area contributed by atoms with Gasteiger partial charge in [0.2, 0.25) is 0 Å². The van der Waals surface area contributed by atoms with E-state index >= 15 is 0 Å². The number of thioether (sulfide) groups is 1. The summed E-state index contributed by atoms with van der Waals surface area (Å²) < 4.78 is 6.03. The fraction of sp³-hybridized carbons (Fsp3) is 0.130. The van der Waals surface area contributed by atoms with Crippen LogP contribution in [-0.4, -0.2) is 21.5 Å². The van der Waals surface area contributed by atoms with Crippen LogP contribution in [0.15, 0.2) is 75.7 Å². The number of benzene rings is 2. The maximum absolute atomic E-state index is 12.6. The fourth-order valence-corrected chi connectivity index (χ4v) is 4.52. The minimum Gasteiger partial charge on any atom is -0.431 e. The minimum atomic E-state index is -0.867. The van der Waals surface area contributed by atoms with Gasteiger partial charge in [-0.1, -0.05) is 72.4 Å². The Balaban J connectivity index is 1.58. The predicted octanol–water partition coefficient (Wildman–Crippen LogP) is 5.74. The molecule has 0 fully saturated rings. The van der Waals surface area contributed by atoms with Crippen molar-refractivity contribution in [1.82, 2.24) is 9.97 Å². The largest absolute Gasteiger partial charge is 0.431 e. The third-order valence-corrected chi connectivity index (χ3v) is 6.24. The molecule has 2 heterocycles. The Morgan fingerprint density at radius 3 is 2.37 bits per heavy atom. The Hall–Kier alpha value is -3.21. The number of carbonyl (C=O) groups is 1. The average molecular weight is 432 g/mol. The van der Waals surface area contributed by atoms with Crippen LogP contribution in [0.1, 0.15) is 16.6 Å². The fourth-order valence-electron chi connectivity index (χ4n) is 2.92. The van der Waals surface area contributed by atoms with Gasteiger partial charge in [0, 0.05) is 22.2 Å². The maximum atomic E-state index is 12.6. The SMILES string of the molecule is Cc1csc(C(C#N)C(=O)CSc2nc(-c3ccccc3)c(-c3ccccc3)o2)n1. The molecule has 30 heavy (non-hydrogen) atoms. The highest BCUT2D eigenvalue weighted by Crippen LogP contribution is 2.36. The molecule has 2 aromatic heterocycles. The number of hydrogen-bond donors (Lipinski definition) is 0. The molecule has 2 aromatic carbocycles. The molecule has 0 spiro atoms. The van der Waals surface area contributed by atoms with Crippen molar-refractivity contribution in [3.05, 3.63) is 76.7 Å². The van der Waals surface area contributed by atoms with E-state index in [-0.39, 0.29) is 11.5 Å². The second-order valence-corrected chi connectivity index (χ2v) is 8.35. The van der Waals surface area contributed by atoms with Crippen LogP contribution in [0.3, 0.4) is 0 Å². The highest BCUT2D eigenvalue weighted by atomic mass is 32.2. The molecule has 0 saturated heterocycles. The number of oxazole rings is 1. The van der Waals surface area contributed by atoms with Gasteiger partial charge in [-0.05, 0) is 6.92 Å². The molecule has 0 aliphatic carbocycles. The van der Waals surface area contributed by atoms with Gasteiger partial charge in [0.25, 0.3) is 5.22 Å². The van der Waals surface area contributed by atoms with Crippen LogP contribution < -0.4 is 0 Å². The first kappa shape index (κ1) is 20.1. The van der Waals surface area contributed by atoms with Gasteiger partial charge >= 0.3 is 0 Å². The van der Waals surface area contributed by atoms with Crippen LogP contribution in [0.2, 0.25) is 0 Å². The van der Waals surface area contributed by atoms with E-state index < -0.39 is 5.92 Å². The summed E-state index contributed by atoms with van der Waals surface area (Å²) in [7, 11) is 0. The number of nitriles is 1. The van der Waals surface area contributed by atoms with E-state index in [1.54, 1.807) is 0 Å². The van der Waals surface area contributed by atoms with Gasteiger partial charge < -0.3 is 4.42 Å². The monoisotopic (exact) mass is 431 g/mol. The molecule has 0 aliphatic heterocycles. The van der Waals surface area contributed by atoms with E-state index in [1.165, 1.54) is 23.1 Å². The molecule has 1 unspecified atom stereocenters. The summed E-state index contributed by atoms with van der Waals surface area (Å²) in [6.45, 7) is 1.84. The Labute approximate surface area is 182 Å². The first-order valence-corrected chi connectivity index (χ1v) is 11.1. The van der Waals surface area contributed by atoms with E-state index in [4.69, 9.17) is 4.42 Å². The number of hydrogen-bond acceptors (Lipinski definition) is 7. The summed E-state index contributed by atoms with van der Waals surface area (Å²) in [4.78, 5) is 21.6. The number of nitrogens with zero attached hydrogens (tertiary/aromatic N) is 3. The molecule has 7 heteroatoms. The van der Waals surface area contributed by atoms with Crippen molar-refractivity contribution in [2.24, 2.45) is 0 Å². The van der Waals surface area contributed by atoms with Gasteiger partial charge in [0.05, 0.1) is 11.8 Å². The Kier molecular flexibility index (Phi) is 6.07. The first-order valence-electron chi connectivity index (χ1n) is 9.24. The van der Waals surface area contributed by atoms with E-state index in [9.17, 15) is 10.1 Å². The minimum absolute atomic E-state index is 0.0832. The molecule has 4 aromatic rings. The van der Waals surface area contributed by atoms with Crippen molar-refractivity contribution in [3.8, 4) is 28.7 Å². The maximum Gasteiger partial charge on any atom is 0.257 e. The predicted molar refractivity (Wildman–Crippen MR) is 118 cm³/mol. The second-order valence-electron chi connectivity index (χ2n) is 6.53. The van der Waals surface area contributed by atoms with E-state index in [2.05, 4.69) is 16.0 Å². The molecule has 0 aliphatic rings. The molecule has 1 atom stereocenters.